The van der Waals surface area contributed by atoms with E-state index in [1.54, 1.807) is 21.3 Å². The number of hydrogen-bond acceptors (Lipinski definition) is 4. The molecule has 1 aromatic rings. The van der Waals surface area contributed by atoms with Crippen molar-refractivity contribution in [2.24, 2.45) is 10.7 Å². The van der Waals surface area contributed by atoms with Gasteiger partial charge >= 0.3 is 0 Å². The molecule has 2 rings (SSSR count). The summed E-state index contributed by atoms with van der Waals surface area (Å²) in [6.07, 6.45) is 8.23. The van der Waals surface area contributed by atoms with Crippen molar-refractivity contribution in [1.82, 2.24) is 5.32 Å². The first-order valence-electron chi connectivity index (χ1n) is 9.03. The number of nitrogens with two attached hydrogens (primary N) is 1. The molecule has 0 atom stereocenters. The van der Waals surface area contributed by atoms with E-state index >= 15 is 0 Å². The zero-order chi connectivity index (χ0) is 18.1. The molecule has 3 N–H and O–H groups in total. The third-order valence-corrected chi connectivity index (χ3v) is 4.67. The first kappa shape index (κ1) is 19.2. The molecule has 1 saturated carbocycles. The third kappa shape index (κ3) is 5.73. The van der Waals surface area contributed by atoms with Gasteiger partial charge in [-0.25, -0.2) is 0 Å². The van der Waals surface area contributed by atoms with Crippen LogP contribution in [0.15, 0.2) is 17.1 Å². The lowest BCUT2D eigenvalue weighted by Crippen LogP contribution is -2.40. The molecular weight excluding hydrogens is 318 g/mol. The van der Waals surface area contributed by atoms with Gasteiger partial charge in [0.2, 0.25) is 0 Å². The normalized spacial score (nSPS) is 16.2. The van der Waals surface area contributed by atoms with Crippen LogP contribution in [0.1, 0.15) is 44.1 Å². The van der Waals surface area contributed by atoms with E-state index < -0.39 is 0 Å². The van der Waals surface area contributed by atoms with E-state index in [-0.39, 0.29) is 0 Å². The summed E-state index contributed by atoms with van der Waals surface area (Å²) >= 11 is 0. The maximum atomic E-state index is 6.06. The maximum absolute atomic E-state index is 6.06. The molecule has 0 unspecified atom stereocenters. The molecule has 140 valence electrons. The quantitative estimate of drug-likeness (QED) is 0.450. The lowest BCUT2D eigenvalue weighted by Gasteiger charge is -2.17. The van der Waals surface area contributed by atoms with E-state index in [2.05, 4.69) is 10.3 Å². The van der Waals surface area contributed by atoms with Gasteiger partial charge in [0.15, 0.2) is 5.96 Å². The first-order chi connectivity index (χ1) is 12.2. The van der Waals surface area contributed by atoms with E-state index in [0.717, 1.165) is 17.1 Å². The second kappa shape index (κ2) is 10.0. The Morgan fingerprint density at radius 1 is 1.04 bits per heavy atom. The zero-order valence-electron chi connectivity index (χ0n) is 15.6. The van der Waals surface area contributed by atoms with Crippen molar-refractivity contribution in [3.63, 3.8) is 0 Å². The van der Waals surface area contributed by atoms with Crippen LogP contribution in [0.25, 0.3) is 0 Å². The molecule has 6 nitrogen and oxygen atoms in total. The SMILES string of the molecule is COc1cc(OC)c(CCN=C(N)NC2CCCCCC2)c(OC)c1. The van der Waals surface area contributed by atoms with Crippen molar-refractivity contribution in [1.29, 1.82) is 0 Å². The molecule has 0 spiro atoms. The fourth-order valence-electron chi connectivity index (χ4n) is 3.29. The predicted molar refractivity (Wildman–Crippen MR) is 101 cm³/mol. The number of aliphatic imine (C=N–C) groups is 1. The van der Waals surface area contributed by atoms with Gasteiger partial charge < -0.3 is 25.3 Å². The fourth-order valence-corrected chi connectivity index (χ4v) is 3.29. The van der Waals surface area contributed by atoms with Gasteiger partial charge in [-0.05, 0) is 19.3 Å². The Bertz CT molecular complexity index is 542. The van der Waals surface area contributed by atoms with Crippen molar-refractivity contribution in [3.05, 3.63) is 17.7 Å². The largest absolute Gasteiger partial charge is 0.496 e. The van der Waals surface area contributed by atoms with Crippen LogP contribution in [-0.2, 0) is 6.42 Å². The number of hydrogen-bond donors (Lipinski definition) is 2. The molecule has 0 aliphatic heterocycles. The van der Waals surface area contributed by atoms with Gasteiger partial charge in [0.25, 0.3) is 0 Å². The summed E-state index contributed by atoms with van der Waals surface area (Å²) in [4.78, 5) is 4.48. The van der Waals surface area contributed by atoms with Crippen LogP contribution in [0.2, 0.25) is 0 Å². The van der Waals surface area contributed by atoms with Crippen molar-refractivity contribution in [2.45, 2.75) is 51.0 Å². The Morgan fingerprint density at radius 2 is 1.64 bits per heavy atom. The molecule has 1 aliphatic rings. The third-order valence-electron chi connectivity index (χ3n) is 4.67. The van der Waals surface area contributed by atoms with E-state index in [0.29, 0.717) is 30.7 Å². The van der Waals surface area contributed by atoms with Gasteiger partial charge in [-0.3, -0.25) is 4.99 Å². The van der Waals surface area contributed by atoms with Crippen LogP contribution in [0.3, 0.4) is 0 Å². The molecule has 0 radical (unpaired) electrons. The van der Waals surface area contributed by atoms with E-state index in [1.165, 1.54) is 38.5 Å². The highest BCUT2D eigenvalue weighted by Crippen LogP contribution is 2.34. The minimum Gasteiger partial charge on any atom is -0.496 e. The molecular formula is C19H31N3O3. The molecule has 0 bridgehead atoms. The van der Waals surface area contributed by atoms with Gasteiger partial charge in [-0.1, -0.05) is 25.7 Å². The maximum Gasteiger partial charge on any atom is 0.188 e. The Labute approximate surface area is 150 Å². The van der Waals surface area contributed by atoms with Gasteiger partial charge in [0, 0.05) is 30.3 Å². The highest BCUT2D eigenvalue weighted by Gasteiger charge is 2.14. The molecule has 0 amide bonds. The lowest BCUT2D eigenvalue weighted by molar-refractivity contribution is 0.369. The van der Waals surface area contributed by atoms with Crippen molar-refractivity contribution < 1.29 is 14.2 Å². The standard InChI is InChI=1S/C19H31N3O3/c1-23-15-12-17(24-2)16(18(13-15)25-3)10-11-21-19(20)22-14-8-6-4-5-7-9-14/h12-14H,4-11H2,1-3H3,(H3,20,21,22). The molecule has 6 heteroatoms. The Hall–Kier alpha value is -2.11. The average Bonchev–Trinajstić information content (AvgIpc) is 2.90. The smallest absolute Gasteiger partial charge is 0.188 e. The molecule has 0 heterocycles. The highest BCUT2D eigenvalue weighted by atomic mass is 16.5. The number of rotatable bonds is 7. The number of methoxy groups -OCH3 is 3. The minimum atomic E-state index is 0.455. The van der Waals surface area contributed by atoms with Gasteiger partial charge in [-0.15, -0.1) is 0 Å². The number of nitrogens with zero attached hydrogens (tertiary/aromatic N) is 1. The van der Waals surface area contributed by atoms with E-state index in [4.69, 9.17) is 19.9 Å². The monoisotopic (exact) mass is 349 g/mol. The number of benzene rings is 1. The Balaban J connectivity index is 1.97. The lowest BCUT2D eigenvalue weighted by atomic mass is 10.1. The summed E-state index contributed by atoms with van der Waals surface area (Å²) in [5.74, 6) is 2.71. The summed E-state index contributed by atoms with van der Waals surface area (Å²) in [5, 5.41) is 3.37. The number of guanidine groups is 1. The van der Waals surface area contributed by atoms with Crippen LogP contribution in [-0.4, -0.2) is 39.9 Å². The number of nitrogens with one attached hydrogen (secondary N) is 1. The second-order valence-electron chi connectivity index (χ2n) is 6.36. The summed E-state index contributed by atoms with van der Waals surface area (Å²) in [7, 11) is 4.91. The fraction of sp³-hybridized carbons (Fsp3) is 0.632. The Morgan fingerprint density at radius 3 is 2.16 bits per heavy atom. The van der Waals surface area contributed by atoms with Crippen LogP contribution < -0.4 is 25.3 Å². The Kier molecular flexibility index (Phi) is 7.70. The summed E-state index contributed by atoms with van der Waals surface area (Å²) in [6.45, 7) is 0.574. The van der Waals surface area contributed by atoms with E-state index in [1.807, 2.05) is 12.1 Å². The van der Waals surface area contributed by atoms with Crippen molar-refractivity contribution in [3.8, 4) is 17.2 Å². The predicted octanol–water partition coefficient (Wildman–Crippen LogP) is 2.88. The van der Waals surface area contributed by atoms with E-state index in [9.17, 15) is 0 Å². The molecule has 0 saturated heterocycles. The summed E-state index contributed by atoms with van der Waals surface area (Å²) in [5.41, 5.74) is 7.03. The molecule has 25 heavy (non-hydrogen) atoms. The van der Waals surface area contributed by atoms with Crippen molar-refractivity contribution in [2.75, 3.05) is 27.9 Å². The van der Waals surface area contributed by atoms with Crippen LogP contribution in [0.5, 0.6) is 17.2 Å². The molecule has 0 aromatic heterocycles. The second-order valence-corrected chi connectivity index (χ2v) is 6.36. The highest BCUT2D eigenvalue weighted by molar-refractivity contribution is 5.78. The van der Waals surface area contributed by atoms with Crippen LogP contribution in [0.4, 0.5) is 0 Å². The molecule has 1 aromatic carbocycles. The molecule has 1 aliphatic carbocycles. The molecule has 1 fully saturated rings. The van der Waals surface area contributed by atoms with Crippen molar-refractivity contribution >= 4 is 5.96 Å². The summed E-state index contributed by atoms with van der Waals surface area (Å²) in [6, 6.07) is 4.17. The summed E-state index contributed by atoms with van der Waals surface area (Å²) < 4.78 is 16.2. The first-order valence-corrected chi connectivity index (χ1v) is 9.03. The number of ether oxygens (including phenoxy) is 3. The zero-order valence-corrected chi connectivity index (χ0v) is 15.6. The van der Waals surface area contributed by atoms with Gasteiger partial charge in [-0.2, -0.15) is 0 Å². The minimum absolute atomic E-state index is 0.455. The topological polar surface area (TPSA) is 78.1 Å². The average molecular weight is 349 g/mol. The van der Waals surface area contributed by atoms with Gasteiger partial charge in [0.05, 0.1) is 21.3 Å². The van der Waals surface area contributed by atoms with Crippen LogP contribution >= 0.6 is 0 Å². The van der Waals surface area contributed by atoms with Crippen LogP contribution in [0, 0.1) is 0 Å². The van der Waals surface area contributed by atoms with Gasteiger partial charge in [0.1, 0.15) is 17.2 Å².